The summed E-state index contributed by atoms with van der Waals surface area (Å²) in [5, 5.41) is 0. The maximum atomic E-state index is 12.3. The smallest absolute Gasteiger partial charge is 0.330 e. The largest absolute Gasteiger partial charge is 0.494 e. The molecule has 0 radical (unpaired) electrons. The van der Waals surface area contributed by atoms with Crippen LogP contribution in [0.3, 0.4) is 0 Å². The zero-order valence-electron chi connectivity index (χ0n) is 15.4. The van der Waals surface area contributed by atoms with Gasteiger partial charge in [-0.25, -0.2) is 0 Å². The summed E-state index contributed by atoms with van der Waals surface area (Å²) in [7, 11) is -2.96. The Morgan fingerprint density at radius 2 is 1.60 bits per heavy atom. The average Bonchev–Trinajstić information content (AvgIpc) is 2.57. The van der Waals surface area contributed by atoms with Crippen molar-refractivity contribution >= 4 is 13.6 Å². The van der Waals surface area contributed by atoms with Crippen LogP contribution in [0.25, 0.3) is 0 Å². The highest BCUT2D eigenvalue weighted by molar-refractivity contribution is 7.53. The Morgan fingerprint density at radius 3 is 2.16 bits per heavy atom. The lowest BCUT2D eigenvalue weighted by Gasteiger charge is -2.16. The average molecular weight is 372 g/mol. The van der Waals surface area contributed by atoms with Gasteiger partial charge in [0.25, 0.3) is 0 Å². The lowest BCUT2D eigenvalue weighted by molar-refractivity contribution is -0.142. The second-order valence-corrected chi connectivity index (χ2v) is 7.54. The van der Waals surface area contributed by atoms with E-state index in [1.54, 1.807) is 20.8 Å². The molecule has 0 heterocycles. The van der Waals surface area contributed by atoms with Gasteiger partial charge in [-0.05, 0) is 51.3 Å². The van der Waals surface area contributed by atoms with Gasteiger partial charge in [0, 0.05) is 0 Å². The Hall–Kier alpha value is -1.36. The minimum atomic E-state index is -2.96. The van der Waals surface area contributed by atoms with Crippen LogP contribution in [-0.4, -0.2) is 38.6 Å². The van der Waals surface area contributed by atoms with Crippen molar-refractivity contribution in [3.8, 4) is 5.75 Å². The van der Waals surface area contributed by atoms with Crippen LogP contribution < -0.4 is 4.74 Å². The van der Waals surface area contributed by atoms with E-state index in [2.05, 4.69) is 0 Å². The quantitative estimate of drug-likeness (QED) is 0.293. The standard InChI is InChI=1S/C18H29O6P/c1-4-21-18(19)15-16-9-11-17(12-10-16)22-13-7-8-14-25(20,23-5-2)24-6-3/h9-12H,4-8,13-15H2,1-3H3. The first-order chi connectivity index (χ1) is 12.0. The van der Waals surface area contributed by atoms with E-state index in [9.17, 15) is 9.36 Å². The molecular weight excluding hydrogens is 343 g/mol. The fourth-order valence-electron chi connectivity index (χ4n) is 2.24. The zero-order valence-corrected chi connectivity index (χ0v) is 16.3. The van der Waals surface area contributed by atoms with Gasteiger partial charge in [-0.15, -0.1) is 0 Å². The summed E-state index contributed by atoms with van der Waals surface area (Å²) in [4.78, 5) is 11.4. The molecule has 142 valence electrons. The van der Waals surface area contributed by atoms with Gasteiger partial charge in [0.2, 0.25) is 0 Å². The first kappa shape index (κ1) is 21.7. The molecule has 0 saturated carbocycles. The molecule has 0 unspecified atom stereocenters. The molecule has 1 rings (SSSR count). The molecule has 0 spiro atoms. The summed E-state index contributed by atoms with van der Waals surface area (Å²) in [5.74, 6) is 0.509. The Kier molecular flexibility index (Phi) is 10.5. The molecule has 0 aliphatic rings. The SMILES string of the molecule is CCOC(=O)Cc1ccc(OCCCCP(=O)(OCC)OCC)cc1. The normalized spacial score (nSPS) is 11.3. The van der Waals surface area contributed by atoms with Crippen LogP contribution in [0, 0.1) is 0 Å². The molecule has 0 saturated heterocycles. The van der Waals surface area contributed by atoms with Crippen molar-refractivity contribution in [3.05, 3.63) is 29.8 Å². The molecule has 0 atom stereocenters. The van der Waals surface area contributed by atoms with E-state index in [-0.39, 0.29) is 12.4 Å². The van der Waals surface area contributed by atoms with Crippen LogP contribution in [0.4, 0.5) is 0 Å². The Balaban J connectivity index is 2.29. The van der Waals surface area contributed by atoms with Crippen molar-refractivity contribution in [1.29, 1.82) is 0 Å². The Labute approximate surface area is 150 Å². The number of hydrogen-bond acceptors (Lipinski definition) is 6. The highest BCUT2D eigenvalue weighted by Crippen LogP contribution is 2.48. The molecule has 0 aliphatic carbocycles. The van der Waals surface area contributed by atoms with Crippen molar-refractivity contribution < 1.29 is 27.9 Å². The predicted octanol–water partition coefficient (Wildman–Crippen LogP) is 4.22. The summed E-state index contributed by atoms with van der Waals surface area (Å²) < 4.78 is 33.4. The molecule has 0 aliphatic heterocycles. The number of rotatable bonds is 13. The number of ether oxygens (including phenoxy) is 2. The topological polar surface area (TPSA) is 71.1 Å². The van der Waals surface area contributed by atoms with Crippen LogP contribution in [0.5, 0.6) is 5.75 Å². The van der Waals surface area contributed by atoms with Crippen LogP contribution in [0.1, 0.15) is 39.2 Å². The number of carbonyl (C=O) groups is 1. The molecule has 0 fully saturated rings. The van der Waals surface area contributed by atoms with Crippen molar-refractivity contribution in [3.63, 3.8) is 0 Å². The Bertz CT molecular complexity index is 533. The third-order valence-electron chi connectivity index (χ3n) is 3.32. The van der Waals surface area contributed by atoms with Gasteiger partial charge in [0.1, 0.15) is 5.75 Å². The minimum Gasteiger partial charge on any atom is -0.494 e. The molecule has 25 heavy (non-hydrogen) atoms. The second kappa shape index (κ2) is 12.1. The number of benzene rings is 1. The van der Waals surface area contributed by atoms with Gasteiger partial charge >= 0.3 is 13.6 Å². The molecule has 1 aromatic carbocycles. The summed E-state index contributed by atoms with van der Waals surface area (Å²) in [6.45, 7) is 7.07. The summed E-state index contributed by atoms with van der Waals surface area (Å²) in [5.41, 5.74) is 0.889. The molecule has 6 nitrogen and oxygen atoms in total. The van der Waals surface area contributed by atoms with Gasteiger partial charge in [0.05, 0.1) is 39.0 Å². The van der Waals surface area contributed by atoms with Crippen molar-refractivity contribution in [2.45, 2.75) is 40.0 Å². The minimum absolute atomic E-state index is 0.232. The van der Waals surface area contributed by atoms with Crippen LogP contribution >= 0.6 is 7.60 Å². The Morgan fingerprint density at radius 1 is 0.960 bits per heavy atom. The van der Waals surface area contributed by atoms with Gasteiger partial charge in [-0.1, -0.05) is 12.1 Å². The summed E-state index contributed by atoms with van der Waals surface area (Å²) in [6.07, 6.45) is 2.13. The number of carbonyl (C=O) groups excluding carboxylic acids is 1. The van der Waals surface area contributed by atoms with E-state index >= 15 is 0 Å². The molecule has 0 bridgehead atoms. The number of hydrogen-bond donors (Lipinski definition) is 0. The van der Waals surface area contributed by atoms with Crippen LogP contribution in [0.2, 0.25) is 0 Å². The van der Waals surface area contributed by atoms with Crippen molar-refractivity contribution in [2.24, 2.45) is 0 Å². The third-order valence-corrected chi connectivity index (χ3v) is 5.49. The van der Waals surface area contributed by atoms with E-state index in [1.165, 1.54) is 0 Å². The molecule has 0 amide bonds. The van der Waals surface area contributed by atoms with Crippen LogP contribution in [-0.2, 0) is 29.6 Å². The fourth-order valence-corrected chi connectivity index (χ4v) is 3.97. The van der Waals surface area contributed by atoms with E-state index < -0.39 is 7.60 Å². The first-order valence-corrected chi connectivity index (χ1v) is 10.5. The van der Waals surface area contributed by atoms with Gasteiger partial charge in [-0.3, -0.25) is 9.36 Å². The highest BCUT2D eigenvalue weighted by Gasteiger charge is 2.22. The maximum absolute atomic E-state index is 12.3. The maximum Gasteiger partial charge on any atom is 0.330 e. The lowest BCUT2D eigenvalue weighted by atomic mass is 10.1. The van der Waals surface area contributed by atoms with Crippen molar-refractivity contribution in [2.75, 3.05) is 32.6 Å². The third kappa shape index (κ3) is 9.05. The zero-order chi connectivity index (χ0) is 18.5. The fraction of sp³-hybridized carbons (Fsp3) is 0.611. The van der Waals surface area contributed by atoms with Crippen molar-refractivity contribution in [1.82, 2.24) is 0 Å². The lowest BCUT2D eigenvalue weighted by Crippen LogP contribution is -2.07. The molecular formula is C18H29O6P. The van der Waals surface area contributed by atoms with E-state index in [0.717, 1.165) is 17.7 Å². The number of unbranched alkanes of at least 4 members (excludes halogenated alkanes) is 1. The van der Waals surface area contributed by atoms with E-state index in [4.69, 9.17) is 18.5 Å². The predicted molar refractivity (Wildman–Crippen MR) is 97.2 cm³/mol. The molecule has 0 N–H and O–H groups in total. The van der Waals surface area contributed by atoms with Gasteiger partial charge in [-0.2, -0.15) is 0 Å². The molecule has 1 aromatic rings. The number of esters is 1. The summed E-state index contributed by atoms with van der Waals surface area (Å²) in [6, 6.07) is 7.37. The van der Waals surface area contributed by atoms with Gasteiger partial charge in [0.15, 0.2) is 0 Å². The second-order valence-electron chi connectivity index (χ2n) is 5.35. The van der Waals surface area contributed by atoms with Crippen LogP contribution in [0.15, 0.2) is 24.3 Å². The molecule has 7 heteroatoms. The first-order valence-electron chi connectivity index (χ1n) is 8.78. The monoisotopic (exact) mass is 372 g/mol. The van der Waals surface area contributed by atoms with E-state index in [0.29, 0.717) is 39.0 Å². The molecule has 0 aromatic heterocycles. The summed E-state index contributed by atoms with van der Waals surface area (Å²) >= 11 is 0. The highest BCUT2D eigenvalue weighted by atomic mass is 31.2. The van der Waals surface area contributed by atoms with E-state index in [1.807, 2.05) is 24.3 Å². The van der Waals surface area contributed by atoms with Gasteiger partial charge < -0.3 is 18.5 Å².